The molecule has 0 spiro atoms. The molecule has 0 aromatic carbocycles. The summed E-state index contributed by atoms with van der Waals surface area (Å²) in [5.74, 6) is 0.0834. The van der Waals surface area contributed by atoms with E-state index in [0.29, 0.717) is 45.3 Å². The van der Waals surface area contributed by atoms with Gasteiger partial charge in [-0.2, -0.15) is 0 Å². The second kappa shape index (κ2) is 5.86. The zero-order chi connectivity index (χ0) is 12.1. The highest BCUT2D eigenvalue weighted by atomic mass is 16.5. The van der Waals surface area contributed by atoms with Crippen LogP contribution in [0.5, 0.6) is 0 Å². The number of amides is 3. The van der Waals surface area contributed by atoms with E-state index in [2.05, 4.69) is 10.6 Å². The van der Waals surface area contributed by atoms with Gasteiger partial charge in [0.15, 0.2) is 0 Å². The molecule has 2 N–H and O–H groups in total. The van der Waals surface area contributed by atoms with Crippen LogP contribution in [0.4, 0.5) is 4.79 Å². The molecular formula is C11H19N3O3. The molecule has 0 bridgehead atoms. The lowest BCUT2D eigenvalue weighted by atomic mass is 10.3. The third kappa shape index (κ3) is 4.22. The number of carbonyl (C=O) groups excluding carboxylic acids is 2. The van der Waals surface area contributed by atoms with Gasteiger partial charge in [0, 0.05) is 32.1 Å². The molecule has 0 atom stereocenters. The maximum atomic E-state index is 11.7. The number of hydrogen-bond donors (Lipinski definition) is 2. The molecule has 3 amide bonds. The Morgan fingerprint density at radius 3 is 2.59 bits per heavy atom. The van der Waals surface area contributed by atoms with Crippen LogP contribution < -0.4 is 10.6 Å². The number of ether oxygens (including phenoxy) is 1. The predicted molar refractivity (Wildman–Crippen MR) is 61.6 cm³/mol. The molecule has 1 saturated carbocycles. The summed E-state index contributed by atoms with van der Waals surface area (Å²) in [6.45, 7) is 2.94. The first-order valence-electron chi connectivity index (χ1n) is 6.15. The van der Waals surface area contributed by atoms with Crippen molar-refractivity contribution in [3.63, 3.8) is 0 Å². The molecule has 1 aliphatic carbocycles. The molecule has 2 rings (SSSR count). The van der Waals surface area contributed by atoms with Crippen LogP contribution in [0, 0.1) is 0 Å². The first kappa shape index (κ1) is 12.2. The lowest BCUT2D eigenvalue weighted by Crippen LogP contribution is -2.43. The summed E-state index contributed by atoms with van der Waals surface area (Å²) in [5.41, 5.74) is 0. The van der Waals surface area contributed by atoms with Gasteiger partial charge in [-0.3, -0.25) is 4.79 Å². The Balaban J connectivity index is 1.56. The quantitative estimate of drug-likeness (QED) is 0.709. The van der Waals surface area contributed by atoms with Gasteiger partial charge in [-0.05, 0) is 12.8 Å². The molecule has 2 fully saturated rings. The lowest BCUT2D eigenvalue weighted by molar-refractivity contribution is -0.135. The molecule has 1 heterocycles. The largest absolute Gasteiger partial charge is 0.378 e. The van der Waals surface area contributed by atoms with Crippen molar-refractivity contribution in [3.8, 4) is 0 Å². The van der Waals surface area contributed by atoms with Crippen LogP contribution in [-0.2, 0) is 9.53 Å². The summed E-state index contributed by atoms with van der Waals surface area (Å²) in [4.78, 5) is 24.8. The van der Waals surface area contributed by atoms with E-state index in [1.54, 1.807) is 4.90 Å². The number of nitrogens with one attached hydrogen (secondary N) is 2. The molecule has 1 saturated heterocycles. The zero-order valence-electron chi connectivity index (χ0n) is 9.91. The van der Waals surface area contributed by atoms with Crippen molar-refractivity contribution in [2.24, 2.45) is 0 Å². The van der Waals surface area contributed by atoms with Gasteiger partial charge >= 0.3 is 6.03 Å². The summed E-state index contributed by atoms with van der Waals surface area (Å²) in [6, 6.07) is 0.187. The van der Waals surface area contributed by atoms with Crippen molar-refractivity contribution in [2.45, 2.75) is 25.3 Å². The van der Waals surface area contributed by atoms with Crippen molar-refractivity contribution >= 4 is 11.9 Å². The fraction of sp³-hybridized carbons (Fsp3) is 0.818. The molecule has 1 aliphatic heterocycles. The highest BCUT2D eigenvalue weighted by molar-refractivity contribution is 5.78. The molecule has 0 aromatic heterocycles. The van der Waals surface area contributed by atoms with Gasteiger partial charge < -0.3 is 20.3 Å². The minimum atomic E-state index is -0.165. The Morgan fingerprint density at radius 2 is 1.94 bits per heavy atom. The molecule has 6 heteroatoms. The van der Waals surface area contributed by atoms with Crippen molar-refractivity contribution in [1.29, 1.82) is 0 Å². The van der Waals surface area contributed by atoms with Crippen LogP contribution in [0.1, 0.15) is 19.3 Å². The Kier molecular flexibility index (Phi) is 4.19. The number of rotatable bonds is 4. The van der Waals surface area contributed by atoms with E-state index in [1.807, 2.05) is 0 Å². The van der Waals surface area contributed by atoms with E-state index in [1.165, 1.54) is 0 Å². The van der Waals surface area contributed by atoms with Crippen LogP contribution in [0.25, 0.3) is 0 Å². The van der Waals surface area contributed by atoms with E-state index in [0.717, 1.165) is 12.8 Å². The Hall–Kier alpha value is -1.30. The topological polar surface area (TPSA) is 70.7 Å². The smallest absolute Gasteiger partial charge is 0.315 e. The summed E-state index contributed by atoms with van der Waals surface area (Å²) in [7, 11) is 0. The Bertz CT molecular complexity index is 286. The summed E-state index contributed by atoms with van der Waals surface area (Å²) in [5, 5.41) is 5.51. The molecule has 17 heavy (non-hydrogen) atoms. The molecule has 2 aliphatic rings. The van der Waals surface area contributed by atoms with E-state index in [-0.39, 0.29) is 11.9 Å². The highest BCUT2D eigenvalue weighted by Gasteiger charge is 2.23. The second-order valence-corrected chi connectivity index (χ2v) is 4.42. The van der Waals surface area contributed by atoms with E-state index >= 15 is 0 Å². The molecule has 0 aromatic rings. The average Bonchev–Trinajstić information content (AvgIpc) is 3.14. The van der Waals surface area contributed by atoms with Gasteiger partial charge in [-0.25, -0.2) is 4.79 Å². The maximum Gasteiger partial charge on any atom is 0.315 e. The standard InChI is InChI=1S/C11H19N3O3/c15-10(14-5-7-17-8-6-14)3-4-12-11(16)13-9-1-2-9/h9H,1-8H2,(H2,12,13,16). The van der Waals surface area contributed by atoms with Crippen LogP contribution >= 0.6 is 0 Å². The first-order valence-corrected chi connectivity index (χ1v) is 6.15. The number of hydrogen-bond acceptors (Lipinski definition) is 3. The van der Waals surface area contributed by atoms with E-state index in [4.69, 9.17) is 4.74 Å². The minimum absolute atomic E-state index is 0.0834. The molecule has 0 unspecified atom stereocenters. The fourth-order valence-corrected chi connectivity index (χ4v) is 1.72. The number of nitrogens with zero attached hydrogens (tertiary/aromatic N) is 1. The SMILES string of the molecule is O=C(NCCC(=O)N1CCOCC1)NC1CC1. The first-order chi connectivity index (χ1) is 8.25. The summed E-state index contributed by atoms with van der Waals surface area (Å²) >= 11 is 0. The van der Waals surface area contributed by atoms with Crippen molar-refractivity contribution in [2.75, 3.05) is 32.8 Å². The summed E-state index contributed by atoms with van der Waals surface area (Å²) < 4.78 is 5.17. The minimum Gasteiger partial charge on any atom is -0.378 e. The molecule has 96 valence electrons. The molecular weight excluding hydrogens is 222 g/mol. The van der Waals surface area contributed by atoms with E-state index in [9.17, 15) is 9.59 Å². The van der Waals surface area contributed by atoms with Crippen molar-refractivity contribution in [1.82, 2.24) is 15.5 Å². The average molecular weight is 241 g/mol. The highest BCUT2D eigenvalue weighted by Crippen LogP contribution is 2.18. The second-order valence-electron chi connectivity index (χ2n) is 4.42. The Morgan fingerprint density at radius 1 is 1.24 bits per heavy atom. The van der Waals surface area contributed by atoms with Crippen LogP contribution in [0.15, 0.2) is 0 Å². The molecule has 0 radical (unpaired) electrons. The Labute approximate surface area is 101 Å². The van der Waals surface area contributed by atoms with Crippen LogP contribution in [0.3, 0.4) is 0 Å². The molecule has 6 nitrogen and oxygen atoms in total. The van der Waals surface area contributed by atoms with Gasteiger partial charge in [-0.15, -0.1) is 0 Å². The predicted octanol–water partition coefficient (Wildman–Crippen LogP) is -0.303. The monoisotopic (exact) mass is 241 g/mol. The van der Waals surface area contributed by atoms with Crippen molar-refractivity contribution < 1.29 is 14.3 Å². The van der Waals surface area contributed by atoms with Crippen molar-refractivity contribution in [3.05, 3.63) is 0 Å². The lowest BCUT2D eigenvalue weighted by Gasteiger charge is -2.26. The maximum absolute atomic E-state index is 11.7. The number of urea groups is 1. The zero-order valence-corrected chi connectivity index (χ0v) is 9.91. The van der Waals surface area contributed by atoms with Crippen LogP contribution in [0.2, 0.25) is 0 Å². The number of carbonyl (C=O) groups is 2. The van der Waals surface area contributed by atoms with Gasteiger partial charge in [0.1, 0.15) is 0 Å². The van der Waals surface area contributed by atoms with E-state index < -0.39 is 0 Å². The van der Waals surface area contributed by atoms with Gasteiger partial charge in [0.25, 0.3) is 0 Å². The fourth-order valence-electron chi connectivity index (χ4n) is 1.72. The number of morpholine rings is 1. The summed E-state index contributed by atoms with van der Waals surface area (Å²) in [6.07, 6.45) is 2.50. The van der Waals surface area contributed by atoms with Gasteiger partial charge in [0.2, 0.25) is 5.91 Å². The van der Waals surface area contributed by atoms with Gasteiger partial charge in [0.05, 0.1) is 13.2 Å². The van der Waals surface area contributed by atoms with Crippen LogP contribution in [-0.4, -0.2) is 55.7 Å². The normalized spacial score (nSPS) is 19.9. The van der Waals surface area contributed by atoms with Gasteiger partial charge in [-0.1, -0.05) is 0 Å². The third-order valence-corrected chi connectivity index (χ3v) is 2.90. The third-order valence-electron chi connectivity index (χ3n) is 2.90.